The van der Waals surface area contributed by atoms with Gasteiger partial charge in [0.05, 0.1) is 37.5 Å². The van der Waals surface area contributed by atoms with Crippen molar-refractivity contribution < 1.29 is 23.8 Å². The first-order valence-electron chi connectivity index (χ1n) is 11.8. The van der Waals surface area contributed by atoms with Crippen molar-refractivity contribution in [3.63, 3.8) is 0 Å². The van der Waals surface area contributed by atoms with Crippen LogP contribution in [0.25, 0.3) is 0 Å². The highest BCUT2D eigenvalue weighted by Crippen LogP contribution is 2.76. The predicted molar refractivity (Wildman–Crippen MR) is 118 cm³/mol. The highest BCUT2D eigenvalue weighted by molar-refractivity contribution is 6.01. The molecule has 3 aliphatic carbocycles. The number of methoxy groups -OCH3 is 3. The Balaban J connectivity index is 1.71. The summed E-state index contributed by atoms with van der Waals surface area (Å²) in [5.74, 6) is 0.0657. The number of anilines is 1. The van der Waals surface area contributed by atoms with Gasteiger partial charge in [0.1, 0.15) is 5.75 Å². The number of benzene rings is 1. The van der Waals surface area contributed by atoms with E-state index < -0.39 is 11.5 Å². The second-order valence-corrected chi connectivity index (χ2v) is 10.3. The molecule has 2 unspecified atom stereocenters. The van der Waals surface area contributed by atoms with E-state index in [1.54, 1.807) is 14.0 Å². The summed E-state index contributed by atoms with van der Waals surface area (Å²) in [6.45, 7) is 3.59. The molecule has 7 heteroatoms. The maximum Gasteiger partial charge on any atom is 0.311 e. The number of carbonyl (C=O) groups excluding carboxylic acids is 2. The van der Waals surface area contributed by atoms with Crippen molar-refractivity contribution in [2.45, 2.75) is 62.1 Å². The molecule has 3 spiro atoms. The molecule has 2 bridgehead atoms. The third kappa shape index (κ3) is 1.94. The fraction of sp³-hybridized carbons (Fsp3) is 0.680. The van der Waals surface area contributed by atoms with E-state index >= 15 is 0 Å². The maximum atomic E-state index is 13.5. The van der Waals surface area contributed by atoms with Crippen LogP contribution in [-0.4, -0.2) is 68.9 Å². The summed E-state index contributed by atoms with van der Waals surface area (Å²) in [4.78, 5) is 31.4. The molecule has 7 nitrogen and oxygen atoms in total. The molecular formula is C25H32N2O5. The van der Waals surface area contributed by atoms with Crippen molar-refractivity contribution in [1.29, 1.82) is 0 Å². The average Bonchev–Trinajstić information content (AvgIpc) is 3.34. The Morgan fingerprint density at radius 2 is 1.91 bits per heavy atom. The second kappa shape index (κ2) is 6.48. The lowest BCUT2D eigenvalue weighted by molar-refractivity contribution is -0.205. The Hall–Kier alpha value is -2.12. The molecule has 32 heavy (non-hydrogen) atoms. The molecule has 3 heterocycles. The summed E-state index contributed by atoms with van der Waals surface area (Å²) in [6.07, 6.45) is 4.42. The summed E-state index contributed by atoms with van der Waals surface area (Å²) < 4.78 is 17.3. The number of amides is 1. The fourth-order valence-corrected chi connectivity index (χ4v) is 9.19. The van der Waals surface area contributed by atoms with E-state index in [2.05, 4.69) is 11.0 Å². The molecule has 0 radical (unpaired) electrons. The Bertz CT molecular complexity index is 1010. The van der Waals surface area contributed by atoms with Gasteiger partial charge in [0, 0.05) is 37.5 Å². The van der Waals surface area contributed by atoms with Crippen molar-refractivity contribution in [3.05, 3.63) is 23.8 Å². The minimum Gasteiger partial charge on any atom is -0.495 e. The van der Waals surface area contributed by atoms with E-state index in [9.17, 15) is 9.59 Å². The van der Waals surface area contributed by atoms with E-state index in [1.807, 2.05) is 24.1 Å². The Labute approximate surface area is 189 Å². The first kappa shape index (κ1) is 20.5. The zero-order chi connectivity index (χ0) is 22.5. The minimum absolute atomic E-state index is 0.0338. The summed E-state index contributed by atoms with van der Waals surface area (Å²) in [6, 6.07) is 6.37. The van der Waals surface area contributed by atoms with Crippen molar-refractivity contribution >= 4 is 17.6 Å². The summed E-state index contributed by atoms with van der Waals surface area (Å²) in [5, 5.41) is 0. The van der Waals surface area contributed by atoms with Crippen molar-refractivity contribution in [2.75, 3.05) is 39.3 Å². The number of para-hydroxylation sites is 1. The minimum atomic E-state index is -0.639. The van der Waals surface area contributed by atoms with Crippen LogP contribution >= 0.6 is 0 Å². The van der Waals surface area contributed by atoms with Gasteiger partial charge in [-0.15, -0.1) is 0 Å². The van der Waals surface area contributed by atoms with Crippen LogP contribution in [0.2, 0.25) is 0 Å². The first-order chi connectivity index (χ1) is 15.4. The number of esters is 1. The SMILES string of the molecule is COC(=O)[C@@H]1CC23CCC14N(C(C)=O)c1c(OC)cccc1[C@@]41CCN(CC[C@H]2OC)[C@@H]31. The highest BCUT2D eigenvalue weighted by atomic mass is 16.5. The molecule has 1 aromatic carbocycles. The van der Waals surface area contributed by atoms with Crippen LogP contribution in [-0.2, 0) is 24.5 Å². The molecule has 3 saturated carbocycles. The van der Waals surface area contributed by atoms with E-state index in [0.29, 0.717) is 12.2 Å². The molecule has 6 aliphatic rings. The van der Waals surface area contributed by atoms with Gasteiger partial charge in [-0.2, -0.15) is 0 Å². The Kier molecular flexibility index (Phi) is 4.14. The zero-order valence-corrected chi connectivity index (χ0v) is 19.3. The van der Waals surface area contributed by atoms with Crippen LogP contribution < -0.4 is 9.64 Å². The molecule has 1 amide bonds. The summed E-state index contributed by atoms with van der Waals surface area (Å²) in [7, 11) is 4.94. The van der Waals surface area contributed by atoms with Crippen LogP contribution in [0, 0.1) is 11.3 Å². The zero-order valence-electron chi connectivity index (χ0n) is 19.3. The lowest BCUT2D eigenvalue weighted by atomic mass is 9.38. The summed E-state index contributed by atoms with van der Waals surface area (Å²) in [5.41, 5.74) is 0.913. The van der Waals surface area contributed by atoms with Gasteiger partial charge in [0.2, 0.25) is 5.91 Å². The lowest BCUT2D eigenvalue weighted by Gasteiger charge is -2.71. The van der Waals surface area contributed by atoms with Crippen molar-refractivity contribution in [3.8, 4) is 5.75 Å². The standard InChI is InChI=1S/C25H32N2O5/c1-15(28)27-20-16(6-5-7-18(20)30-2)24-11-13-26-12-8-19(31-3)23(22(24)26)9-10-25(24,27)17(14-23)21(29)32-4/h5-7,17,19,22H,8-14H2,1-4H3/t17-,19+,22-,23?,24+,25?/m0/s1. The van der Waals surface area contributed by atoms with Gasteiger partial charge in [-0.05, 0) is 50.3 Å². The van der Waals surface area contributed by atoms with E-state index in [0.717, 1.165) is 50.0 Å². The predicted octanol–water partition coefficient (Wildman–Crippen LogP) is 2.50. The van der Waals surface area contributed by atoms with E-state index in [1.165, 1.54) is 7.11 Å². The van der Waals surface area contributed by atoms with Gasteiger partial charge in [0.25, 0.3) is 0 Å². The lowest BCUT2D eigenvalue weighted by Crippen LogP contribution is -2.81. The number of ether oxygens (including phenoxy) is 3. The molecule has 0 aromatic heterocycles. The maximum absolute atomic E-state index is 13.5. The van der Waals surface area contributed by atoms with Crippen LogP contribution in [0.15, 0.2) is 18.2 Å². The van der Waals surface area contributed by atoms with Crippen LogP contribution in [0.4, 0.5) is 5.69 Å². The molecule has 3 aliphatic heterocycles. The van der Waals surface area contributed by atoms with Crippen LogP contribution in [0.3, 0.4) is 0 Å². The van der Waals surface area contributed by atoms with E-state index in [4.69, 9.17) is 14.2 Å². The molecule has 172 valence electrons. The highest BCUT2D eigenvalue weighted by Gasteiger charge is 2.83. The number of carbonyl (C=O) groups is 2. The van der Waals surface area contributed by atoms with Gasteiger partial charge in [-0.3, -0.25) is 14.5 Å². The first-order valence-corrected chi connectivity index (χ1v) is 11.8. The second-order valence-electron chi connectivity index (χ2n) is 10.3. The van der Waals surface area contributed by atoms with Crippen molar-refractivity contribution in [2.24, 2.45) is 11.3 Å². The molecule has 6 atom stereocenters. The average molecular weight is 441 g/mol. The number of nitrogens with zero attached hydrogens (tertiary/aromatic N) is 2. The van der Waals surface area contributed by atoms with Crippen LogP contribution in [0.1, 0.15) is 44.6 Å². The molecular weight excluding hydrogens is 408 g/mol. The number of hydrogen-bond acceptors (Lipinski definition) is 6. The van der Waals surface area contributed by atoms with Gasteiger partial charge in [-0.25, -0.2) is 0 Å². The largest absolute Gasteiger partial charge is 0.495 e. The Morgan fingerprint density at radius 1 is 1.09 bits per heavy atom. The van der Waals surface area contributed by atoms with Crippen molar-refractivity contribution in [1.82, 2.24) is 4.90 Å². The van der Waals surface area contributed by atoms with Gasteiger partial charge >= 0.3 is 5.97 Å². The number of hydrogen-bond donors (Lipinski definition) is 0. The Morgan fingerprint density at radius 3 is 2.59 bits per heavy atom. The third-order valence-corrected chi connectivity index (χ3v) is 9.80. The molecule has 2 saturated heterocycles. The molecule has 1 aromatic rings. The third-order valence-electron chi connectivity index (χ3n) is 9.80. The van der Waals surface area contributed by atoms with E-state index in [-0.39, 0.29) is 34.9 Å². The topological polar surface area (TPSA) is 68.3 Å². The monoisotopic (exact) mass is 440 g/mol. The molecule has 7 rings (SSSR count). The number of rotatable bonds is 3. The van der Waals surface area contributed by atoms with Gasteiger partial charge in [0.15, 0.2) is 0 Å². The fourth-order valence-electron chi connectivity index (χ4n) is 9.19. The molecule has 0 N–H and O–H groups in total. The quantitative estimate of drug-likeness (QED) is 0.673. The number of piperidine rings is 1. The normalized spacial score (nSPS) is 41.1. The number of fused-ring (bicyclic) bond motifs is 3. The molecule has 5 fully saturated rings. The van der Waals surface area contributed by atoms with Crippen LogP contribution in [0.5, 0.6) is 5.75 Å². The smallest absolute Gasteiger partial charge is 0.311 e. The van der Waals surface area contributed by atoms with Gasteiger partial charge < -0.3 is 19.1 Å². The summed E-state index contributed by atoms with van der Waals surface area (Å²) >= 11 is 0. The van der Waals surface area contributed by atoms with Gasteiger partial charge in [-0.1, -0.05) is 12.1 Å².